The summed E-state index contributed by atoms with van der Waals surface area (Å²) >= 11 is 0. The molecule has 0 saturated carbocycles. The van der Waals surface area contributed by atoms with Crippen molar-refractivity contribution in [1.82, 2.24) is 15.7 Å². The van der Waals surface area contributed by atoms with E-state index in [0.717, 1.165) is 48.3 Å². The quantitative estimate of drug-likeness (QED) is 0.183. The lowest BCUT2D eigenvalue weighted by atomic mass is 9.99. The molecule has 9 heteroatoms. The number of hydrogen-bond acceptors (Lipinski definition) is 7. The van der Waals surface area contributed by atoms with Crippen LogP contribution in [0.4, 0.5) is 0 Å². The van der Waals surface area contributed by atoms with Crippen LogP contribution in [0.5, 0.6) is 0 Å². The largest absolute Gasteiger partial charge is 0.392 e. The first-order valence-corrected chi connectivity index (χ1v) is 14.1. The molecule has 4 N–H and O–H groups in total. The monoisotopic (exact) mass is 539 g/mol. The highest BCUT2D eigenvalue weighted by Crippen LogP contribution is 2.38. The zero-order valence-electron chi connectivity index (χ0n) is 22.5. The Hall–Kier alpha value is -2.82. The summed E-state index contributed by atoms with van der Waals surface area (Å²) in [4.78, 5) is 25.7. The van der Waals surface area contributed by atoms with E-state index in [0.29, 0.717) is 25.8 Å². The molecule has 2 aromatic rings. The average Bonchev–Trinajstić information content (AvgIpc) is 2.98. The molecule has 2 heterocycles. The van der Waals surface area contributed by atoms with Crippen LogP contribution in [0, 0.1) is 0 Å². The maximum atomic E-state index is 12.1. The summed E-state index contributed by atoms with van der Waals surface area (Å²) in [6.07, 6.45) is 5.65. The number of ether oxygens (including phenoxy) is 2. The van der Waals surface area contributed by atoms with Gasteiger partial charge in [-0.2, -0.15) is 0 Å². The van der Waals surface area contributed by atoms with E-state index in [1.807, 2.05) is 48.5 Å². The summed E-state index contributed by atoms with van der Waals surface area (Å²) in [5.74, 6) is -0.511. The van der Waals surface area contributed by atoms with Crippen molar-refractivity contribution in [2.75, 3.05) is 19.6 Å². The highest BCUT2D eigenvalue weighted by Gasteiger charge is 2.33. The second-order valence-corrected chi connectivity index (χ2v) is 10.5. The van der Waals surface area contributed by atoms with Crippen LogP contribution in [0.25, 0.3) is 0 Å². The fourth-order valence-corrected chi connectivity index (χ4v) is 5.17. The molecule has 2 aromatic carbocycles. The lowest BCUT2D eigenvalue weighted by Crippen LogP contribution is -2.41. The maximum Gasteiger partial charge on any atom is 0.243 e. The van der Waals surface area contributed by atoms with Gasteiger partial charge in [0.2, 0.25) is 11.8 Å². The fourth-order valence-electron chi connectivity index (χ4n) is 5.17. The van der Waals surface area contributed by atoms with Crippen LogP contribution in [0.1, 0.15) is 86.0 Å². The Morgan fingerprint density at radius 1 is 0.846 bits per heavy atom. The number of hydroxylamine groups is 1. The van der Waals surface area contributed by atoms with E-state index < -0.39 is 12.2 Å². The Bertz CT molecular complexity index is 1040. The van der Waals surface area contributed by atoms with Gasteiger partial charge in [-0.3, -0.25) is 14.8 Å². The van der Waals surface area contributed by atoms with Gasteiger partial charge in [0.05, 0.1) is 18.8 Å². The minimum absolute atomic E-state index is 0.0191. The van der Waals surface area contributed by atoms with Gasteiger partial charge in [0.1, 0.15) is 0 Å². The number of aliphatic hydroxyl groups excluding tert-OH is 1. The molecule has 0 radical (unpaired) electrons. The van der Waals surface area contributed by atoms with E-state index in [-0.39, 0.29) is 31.1 Å². The Morgan fingerprint density at radius 3 is 2.15 bits per heavy atom. The second kappa shape index (κ2) is 15.1. The molecular weight excluding hydrogens is 498 g/mol. The Labute approximate surface area is 230 Å². The van der Waals surface area contributed by atoms with Crippen LogP contribution < -0.4 is 10.8 Å². The SMILES string of the molecule is O=C(CCCCC(=O)NCc1ccc([C@H]2O[C@@H](CN3CCCCC3)C[C@@H](c3ccc(CO)cc3)O2)cc1)NO. The number of piperidine rings is 1. The summed E-state index contributed by atoms with van der Waals surface area (Å²) < 4.78 is 12.9. The molecule has 2 saturated heterocycles. The number of aliphatic hydroxyl groups is 1. The molecule has 39 heavy (non-hydrogen) atoms. The molecule has 2 fully saturated rings. The zero-order chi connectivity index (χ0) is 27.5. The fraction of sp³-hybridized carbons (Fsp3) is 0.533. The van der Waals surface area contributed by atoms with Gasteiger partial charge >= 0.3 is 0 Å². The van der Waals surface area contributed by atoms with Crippen molar-refractivity contribution < 1.29 is 29.4 Å². The van der Waals surface area contributed by atoms with Crippen molar-refractivity contribution in [3.8, 4) is 0 Å². The minimum Gasteiger partial charge on any atom is -0.392 e. The third-order valence-corrected chi connectivity index (χ3v) is 7.45. The Morgan fingerprint density at radius 2 is 1.49 bits per heavy atom. The molecule has 0 aliphatic carbocycles. The van der Waals surface area contributed by atoms with Crippen LogP contribution in [-0.2, 0) is 32.2 Å². The molecule has 2 amide bonds. The van der Waals surface area contributed by atoms with Gasteiger partial charge < -0.3 is 24.8 Å². The number of benzene rings is 2. The molecule has 0 bridgehead atoms. The van der Waals surface area contributed by atoms with Crippen LogP contribution in [0.15, 0.2) is 48.5 Å². The summed E-state index contributed by atoms with van der Waals surface area (Å²) in [6.45, 7) is 3.55. The average molecular weight is 540 g/mol. The van der Waals surface area contributed by atoms with Crippen molar-refractivity contribution in [1.29, 1.82) is 0 Å². The highest BCUT2D eigenvalue weighted by molar-refractivity contribution is 5.76. The van der Waals surface area contributed by atoms with Crippen LogP contribution >= 0.6 is 0 Å². The maximum absolute atomic E-state index is 12.1. The molecular formula is C30H41N3O6. The topological polar surface area (TPSA) is 120 Å². The first kappa shape index (κ1) is 29.2. The smallest absolute Gasteiger partial charge is 0.243 e. The minimum atomic E-state index is -0.490. The third kappa shape index (κ3) is 9.12. The van der Waals surface area contributed by atoms with E-state index in [1.54, 1.807) is 5.48 Å². The number of hydrogen-bond donors (Lipinski definition) is 4. The van der Waals surface area contributed by atoms with E-state index in [1.165, 1.54) is 19.3 Å². The summed E-state index contributed by atoms with van der Waals surface area (Å²) in [7, 11) is 0. The van der Waals surface area contributed by atoms with E-state index in [9.17, 15) is 14.7 Å². The second-order valence-electron chi connectivity index (χ2n) is 10.5. The van der Waals surface area contributed by atoms with Crippen LogP contribution in [0.3, 0.4) is 0 Å². The zero-order valence-corrected chi connectivity index (χ0v) is 22.5. The summed E-state index contributed by atoms with van der Waals surface area (Å²) in [5.41, 5.74) is 5.47. The number of amides is 2. The summed E-state index contributed by atoms with van der Waals surface area (Å²) in [6, 6.07) is 15.9. The number of nitrogens with one attached hydrogen (secondary N) is 2. The van der Waals surface area contributed by atoms with Crippen LogP contribution in [0.2, 0.25) is 0 Å². The Kier molecular flexibility index (Phi) is 11.3. The van der Waals surface area contributed by atoms with Crippen molar-refractivity contribution in [2.24, 2.45) is 0 Å². The van der Waals surface area contributed by atoms with Crippen molar-refractivity contribution in [3.63, 3.8) is 0 Å². The number of likely N-dealkylation sites (tertiary alicyclic amines) is 1. The first-order chi connectivity index (χ1) is 19.0. The van der Waals surface area contributed by atoms with Crippen molar-refractivity contribution in [2.45, 2.75) is 83.0 Å². The predicted molar refractivity (Wildman–Crippen MR) is 145 cm³/mol. The van der Waals surface area contributed by atoms with Gasteiger partial charge in [-0.05, 0) is 55.5 Å². The van der Waals surface area contributed by atoms with Gasteiger partial charge in [-0.1, -0.05) is 55.0 Å². The van der Waals surface area contributed by atoms with Gasteiger partial charge in [0, 0.05) is 37.9 Å². The van der Waals surface area contributed by atoms with Crippen LogP contribution in [-0.4, -0.2) is 52.8 Å². The molecule has 3 atom stereocenters. The normalized spacial score (nSPS) is 21.8. The molecule has 212 valence electrons. The number of unbranched alkanes of at least 4 members (excludes halogenated alkanes) is 1. The van der Waals surface area contributed by atoms with E-state index in [2.05, 4.69) is 10.2 Å². The molecule has 0 spiro atoms. The molecule has 4 rings (SSSR count). The van der Waals surface area contributed by atoms with Gasteiger partial charge in [-0.15, -0.1) is 0 Å². The Balaban J connectivity index is 1.34. The lowest BCUT2D eigenvalue weighted by molar-refractivity contribution is -0.253. The first-order valence-electron chi connectivity index (χ1n) is 14.1. The molecule has 9 nitrogen and oxygen atoms in total. The van der Waals surface area contributed by atoms with Gasteiger partial charge in [0.25, 0.3) is 0 Å². The number of carbonyl (C=O) groups is 2. The van der Waals surface area contributed by atoms with Crippen molar-refractivity contribution >= 4 is 11.8 Å². The number of carbonyl (C=O) groups excluding carboxylic acids is 2. The van der Waals surface area contributed by atoms with E-state index in [4.69, 9.17) is 14.7 Å². The highest BCUT2D eigenvalue weighted by atomic mass is 16.7. The molecule has 0 unspecified atom stereocenters. The number of nitrogens with zero attached hydrogens (tertiary/aromatic N) is 1. The van der Waals surface area contributed by atoms with E-state index >= 15 is 0 Å². The number of rotatable bonds is 12. The van der Waals surface area contributed by atoms with Gasteiger partial charge in [-0.25, -0.2) is 5.48 Å². The van der Waals surface area contributed by atoms with Crippen molar-refractivity contribution in [3.05, 3.63) is 70.8 Å². The standard InChI is InChI=1S/C30H41N3O6/c34-21-23-10-12-24(13-11-23)27-18-26(20-33-16-4-1-5-17-33)38-30(39-27)25-14-8-22(9-15-25)19-31-28(35)6-2-3-7-29(36)32-37/h8-15,26-27,30,34,37H,1-7,16-21H2,(H,31,35)(H,32,36)/t26-,27+,30+/m1/s1. The summed E-state index contributed by atoms with van der Waals surface area (Å²) in [5, 5.41) is 20.8. The third-order valence-electron chi connectivity index (χ3n) is 7.45. The lowest BCUT2D eigenvalue weighted by Gasteiger charge is -2.39. The predicted octanol–water partition coefficient (Wildman–Crippen LogP) is 3.89. The molecule has 2 aliphatic heterocycles. The van der Waals surface area contributed by atoms with Gasteiger partial charge in [0.15, 0.2) is 6.29 Å². The molecule has 2 aliphatic rings. The molecule has 0 aromatic heterocycles.